The van der Waals surface area contributed by atoms with Gasteiger partial charge in [0.1, 0.15) is 0 Å². The maximum absolute atomic E-state index is 6.06. The highest BCUT2D eigenvalue weighted by Gasteiger charge is 2.29. The number of nitrogen functional groups attached to an aromatic ring is 1. The summed E-state index contributed by atoms with van der Waals surface area (Å²) in [6.45, 7) is 4.55. The predicted molar refractivity (Wildman–Crippen MR) is 80.8 cm³/mol. The first-order chi connectivity index (χ1) is 10.1. The second-order valence-electron chi connectivity index (χ2n) is 5.81. The lowest BCUT2D eigenvalue weighted by atomic mass is 9.82. The van der Waals surface area contributed by atoms with E-state index in [0.29, 0.717) is 16.5 Å². The van der Waals surface area contributed by atoms with Crippen molar-refractivity contribution in [3.63, 3.8) is 0 Å². The average molecular weight is 308 g/mol. The fraction of sp³-hybridized carbons (Fsp3) is 0.500. The van der Waals surface area contributed by atoms with Crippen molar-refractivity contribution >= 4 is 17.3 Å². The Labute approximate surface area is 128 Å². The number of tetrazole rings is 1. The van der Waals surface area contributed by atoms with Crippen molar-refractivity contribution < 1.29 is 4.74 Å². The zero-order valence-electron chi connectivity index (χ0n) is 11.9. The third-order valence-corrected chi connectivity index (χ3v) is 4.25. The van der Waals surface area contributed by atoms with E-state index in [-0.39, 0.29) is 5.41 Å². The first kappa shape index (κ1) is 14.3. The number of hydrogen-bond acceptors (Lipinski definition) is 5. The molecule has 0 aliphatic carbocycles. The molecule has 0 amide bonds. The number of ether oxygens (including phenoxy) is 1. The van der Waals surface area contributed by atoms with Crippen molar-refractivity contribution in [3.8, 4) is 11.4 Å². The Morgan fingerprint density at radius 2 is 2.14 bits per heavy atom. The van der Waals surface area contributed by atoms with E-state index < -0.39 is 0 Å². The Morgan fingerprint density at radius 1 is 1.38 bits per heavy atom. The van der Waals surface area contributed by atoms with Gasteiger partial charge in [-0.1, -0.05) is 18.5 Å². The van der Waals surface area contributed by atoms with Gasteiger partial charge in [0, 0.05) is 29.5 Å². The molecule has 0 bridgehead atoms. The first-order valence-corrected chi connectivity index (χ1v) is 7.35. The van der Waals surface area contributed by atoms with Crippen molar-refractivity contribution in [2.45, 2.75) is 26.3 Å². The van der Waals surface area contributed by atoms with Crippen LogP contribution in [-0.4, -0.2) is 33.4 Å². The monoisotopic (exact) mass is 307 g/mol. The topological polar surface area (TPSA) is 78.9 Å². The van der Waals surface area contributed by atoms with Crippen LogP contribution >= 0.6 is 11.6 Å². The molecule has 7 heteroatoms. The number of aromatic nitrogens is 4. The van der Waals surface area contributed by atoms with Crippen LogP contribution < -0.4 is 5.73 Å². The Bertz CT molecular complexity index is 636. The van der Waals surface area contributed by atoms with Crippen molar-refractivity contribution in [3.05, 3.63) is 23.2 Å². The highest BCUT2D eigenvalue weighted by molar-refractivity contribution is 6.31. The van der Waals surface area contributed by atoms with Gasteiger partial charge in [0.05, 0.1) is 6.54 Å². The molecule has 1 aromatic carbocycles. The highest BCUT2D eigenvalue weighted by atomic mass is 35.5. The van der Waals surface area contributed by atoms with Gasteiger partial charge in [-0.2, -0.15) is 0 Å². The molecule has 2 heterocycles. The zero-order chi connectivity index (χ0) is 14.9. The number of benzene rings is 1. The predicted octanol–water partition coefficient (Wildman–Crippen LogP) is 2.39. The minimum Gasteiger partial charge on any atom is -0.398 e. The van der Waals surface area contributed by atoms with Crippen LogP contribution in [0.4, 0.5) is 5.69 Å². The summed E-state index contributed by atoms with van der Waals surface area (Å²) in [7, 11) is 0. The van der Waals surface area contributed by atoms with E-state index in [1.54, 1.807) is 18.2 Å². The maximum Gasteiger partial charge on any atom is 0.184 e. The molecule has 0 unspecified atom stereocenters. The van der Waals surface area contributed by atoms with Gasteiger partial charge < -0.3 is 10.5 Å². The van der Waals surface area contributed by atoms with Crippen LogP contribution in [0.2, 0.25) is 5.02 Å². The molecule has 3 rings (SSSR count). The molecule has 2 aromatic rings. The number of nitrogens with zero attached hydrogens (tertiary/aromatic N) is 4. The minimum atomic E-state index is 0.135. The SMILES string of the molecule is CC1(Cn2nnnc2-c2cc(Cl)ccc2N)CCOCC1. The number of halogens is 1. The second kappa shape index (κ2) is 5.61. The Kier molecular flexibility index (Phi) is 3.82. The van der Waals surface area contributed by atoms with Gasteiger partial charge in [-0.3, -0.25) is 0 Å². The van der Waals surface area contributed by atoms with E-state index in [2.05, 4.69) is 22.4 Å². The number of rotatable bonds is 3. The van der Waals surface area contributed by atoms with Crippen molar-refractivity contribution in [1.29, 1.82) is 0 Å². The normalized spacial score (nSPS) is 17.8. The van der Waals surface area contributed by atoms with Crippen LogP contribution in [0.3, 0.4) is 0 Å². The number of anilines is 1. The Morgan fingerprint density at radius 3 is 2.90 bits per heavy atom. The molecule has 112 valence electrons. The van der Waals surface area contributed by atoms with Crippen LogP contribution in [0.15, 0.2) is 18.2 Å². The summed E-state index contributed by atoms with van der Waals surface area (Å²) in [4.78, 5) is 0. The zero-order valence-corrected chi connectivity index (χ0v) is 12.7. The van der Waals surface area contributed by atoms with Crippen LogP contribution in [0.25, 0.3) is 11.4 Å². The first-order valence-electron chi connectivity index (χ1n) is 6.97. The maximum atomic E-state index is 6.06. The van der Waals surface area contributed by atoms with E-state index in [9.17, 15) is 0 Å². The fourth-order valence-electron chi connectivity index (χ4n) is 2.61. The Balaban J connectivity index is 1.92. The second-order valence-corrected chi connectivity index (χ2v) is 6.25. The van der Waals surface area contributed by atoms with Gasteiger partial charge in [-0.25, -0.2) is 4.68 Å². The molecular weight excluding hydrogens is 290 g/mol. The van der Waals surface area contributed by atoms with Gasteiger partial charge in [0.15, 0.2) is 5.82 Å². The molecule has 0 spiro atoms. The molecule has 6 nitrogen and oxygen atoms in total. The van der Waals surface area contributed by atoms with Crippen LogP contribution in [0, 0.1) is 5.41 Å². The van der Waals surface area contributed by atoms with Crippen LogP contribution in [0.1, 0.15) is 19.8 Å². The van der Waals surface area contributed by atoms with Crippen molar-refractivity contribution in [1.82, 2.24) is 20.2 Å². The van der Waals surface area contributed by atoms with Gasteiger partial charge in [-0.15, -0.1) is 5.10 Å². The van der Waals surface area contributed by atoms with Crippen LogP contribution in [-0.2, 0) is 11.3 Å². The molecule has 1 aliphatic rings. The summed E-state index contributed by atoms with van der Waals surface area (Å²) in [6, 6.07) is 5.33. The molecule has 1 aromatic heterocycles. The highest BCUT2D eigenvalue weighted by Crippen LogP contribution is 2.33. The third-order valence-electron chi connectivity index (χ3n) is 4.02. The average Bonchev–Trinajstić information content (AvgIpc) is 2.89. The molecule has 1 saturated heterocycles. The third kappa shape index (κ3) is 3.01. The quantitative estimate of drug-likeness (QED) is 0.881. The van der Waals surface area contributed by atoms with Gasteiger partial charge in [0.2, 0.25) is 0 Å². The molecule has 0 atom stereocenters. The lowest BCUT2D eigenvalue weighted by Gasteiger charge is -2.33. The summed E-state index contributed by atoms with van der Waals surface area (Å²) < 4.78 is 7.25. The van der Waals surface area contributed by atoms with Crippen molar-refractivity contribution in [2.24, 2.45) is 5.41 Å². The Hall–Kier alpha value is -1.66. The fourth-order valence-corrected chi connectivity index (χ4v) is 2.78. The standard InChI is InChI=1S/C14H18ClN5O/c1-14(4-6-21-7-5-14)9-20-13(17-18-19-20)11-8-10(15)2-3-12(11)16/h2-3,8H,4-7,9,16H2,1H3. The van der Waals surface area contributed by atoms with Gasteiger partial charge >= 0.3 is 0 Å². The summed E-state index contributed by atoms with van der Waals surface area (Å²) >= 11 is 6.06. The van der Waals surface area contributed by atoms with E-state index >= 15 is 0 Å². The van der Waals surface area contributed by atoms with E-state index in [0.717, 1.165) is 38.2 Å². The molecule has 2 N–H and O–H groups in total. The number of hydrogen-bond donors (Lipinski definition) is 1. The molecular formula is C14H18ClN5O. The summed E-state index contributed by atoms with van der Waals surface area (Å²) in [5.41, 5.74) is 7.55. The van der Waals surface area contributed by atoms with Crippen molar-refractivity contribution in [2.75, 3.05) is 18.9 Å². The minimum absolute atomic E-state index is 0.135. The summed E-state index contributed by atoms with van der Waals surface area (Å²) in [5.74, 6) is 0.655. The molecule has 0 radical (unpaired) electrons. The summed E-state index contributed by atoms with van der Waals surface area (Å²) in [6.07, 6.45) is 1.99. The smallest absolute Gasteiger partial charge is 0.184 e. The van der Waals surface area contributed by atoms with Crippen LogP contribution in [0.5, 0.6) is 0 Å². The van der Waals surface area contributed by atoms with Gasteiger partial charge in [0.25, 0.3) is 0 Å². The number of nitrogens with two attached hydrogens (primary N) is 1. The molecule has 1 fully saturated rings. The summed E-state index contributed by atoms with van der Waals surface area (Å²) in [5, 5.41) is 12.7. The molecule has 1 aliphatic heterocycles. The molecule has 0 saturated carbocycles. The lowest BCUT2D eigenvalue weighted by molar-refractivity contribution is 0.0138. The van der Waals surface area contributed by atoms with E-state index in [1.807, 2.05) is 4.68 Å². The van der Waals surface area contributed by atoms with Gasteiger partial charge in [-0.05, 0) is 46.9 Å². The van der Waals surface area contributed by atoms with E-state index in [1.165, 1.54) is 0 Å². The van der Waals surface area contributed by atoms with E-state index in [4.69, 9.17) is 22.1 Å². The largest absolute Gasteiger partial charge is 0.398 e. The molecule has 21 heavy (non-hydrogen) atoms. The lowest BCUT2D eigenvalue weighted by Crippen LogP contribution is -2.31.